The zero-order chi connectivity index (χ0) is 19.2. The first-order valence-electron chi connectivity index (χ1n) is 8.39. The second-order valence-corrected chi connectivity index (χ2v) is 5.84. The number of halogens is 4. The van der Waals surface area contributed by atoms with E-state index in [1.54, 1.807) is 0 Å². The van der Waals surface area contributed by atoms with Crippen molar-refractivity contribution in [1.82, 2.24) is 9.97 Å². The van der Waals surface area contributed by atoms with Crippen LogP contribution in [0.1, 0.15) is 38.2 Å². The third kappa shape index (κ3) is 5.31. The third-order valence-electron chi connectivity index (χ3n) is 3.79. The number of hydrogen-bond donors (Lipinski definition) is 0. The van der Waals surface area contributed by atoms with Crippen LogP contribution in [0.3, 0.4) is 0 Å². The Morgan fingerprint density at radius 2 is 1.92 bits per heavy atom. The van der Waals surface area contributed by atoms with Crippen molar-refractivity contribution in [2.45, 2.75) is 38.8 Å². The zero-order valence-corrected chi connectivity index (χ0v) is 14.7. The fourth-order valence-corrected chi connectivity index (χ4v) is 2.38. The molecule has 0 unspecified atom stereocenters. The summed E-state index contributed by atoms with van der Waals surface area (Å²) in [5.74, 6) is -0.939. The van der Waals surface area contributed by atoms with Crippen LogP contribution < -0.4 is 9.64 Å². The van der Waals surface area contributed by atoms with E-state index in [4.69, 9.17) is 4.74 Å². The van der Waals surface area contributed by atoms with E-state index in [0.29, 0.717) is 12.8 Å². The molecule has 0 aliphatic rings. The molecule has 0 saturated carbocycles. The molecule has 0 fully saturated rings. The zero-order valence-electron chi connectivity index (χ0n) is 14.7. The highest BCUT2D eigenvalue weighted by atomic mass is 19.4. The Kier molecular flexibility index (Phi) is 6.76. The van der Waals surface area contributed by atoms with E-state index in [0.717, 1.165) is 36.6 Å². The van der Waals surface area contributed by atoms with Gasteiger partial charge in [0.15, 0.2) is 5.82 Å². The molecule has 8 heteroatoms. The summed E-state index contributed by atoms with van der Waals surface area (Å²) in [6.07, 6.45) is -0.0826. The Morgan fingerprint density at radius 3 is 2.58 bits per heavy atom. The lowest BCUT2D eigenvalue weighted by atomic mass is 10.2. The molecule has 1 aromatic heterocycles. The number of anilines is 2. The van der Waals surface area contributed by atoms with Gasteiger partial charge in [-0.15, -0.1) is 0 Å². The standard InChI is InChI=1S/C18H21F4N3O/c1-3-4-5-6-10-26-17-23-12-15(18(20,21)22)16(24-17)25(2)14-9-7-8-13(19)11-14/h7-9,11-12H,3-6,10H2,1-2H3. The summed E-state index contributed by atoms with van der Waals surface area (Å²) in [6, 6.07) is 5.13. The summed E-state index contributed by atoms with van der Waals surface area (Å²) in [5.41, 5.74) is -0.773. The van der Waals surface area contributed by atoms with Crippen LogP contribution in [0.5, 0.6) is 6.01 Å². The Labute approximate surface area is 149 Å². The van der Waals surface area contributed by atoms with Crippen LogP contribution in [-0.4, -0.2) is 23.6 Å². The second kappa shape index (κ2) is 8.82. The Balaban J connectivity index is 2.27. The van der Waals surface area contributed by atoms with Crippen molar-refractivity contribution >= 4 is 11.5 Å². The maximum Gasteiger partial charge on any atom is 0.421 e. The van der Waals surface area contributed by atoms with E-state index in [2.05, 4.69) is 16.9 Å². The normalized spacial score (nSPS) is 11.5. The van der Waals surface area contributed by atoms with Gasteiger partial charge in [-0.25, -0.2) is 9.37 Å². The molecule has 0 aliphatic heterocycles. The molecule has 0 saturated heterocycles. The molecule has 0 spiro atoms. The topological polar surface area (TPSA) is 38.2 Å². The highest BCUT2D eigenvalue weighted by Gasteiger charge is 2.36. The number of rotatable bonds is 8. The van der Waals surface area contributed by atoms with Crippen molar-refractivity contribution in [3.8, 4) is 6.01 Å². The fraction of sp³-hybridized carbons (Fsp3) is 0.444. The highest BCUT2D eigenvalue weighted by molar-refractivity contribution is 5.62. The van der Waals surface area contributed by atoms with E-state index in [1.807, 2.05) is 0 Å². The molecule has 1 aromatic carbocycles. The van der Waals surface area contributed by atoms with Crippen LogP contribution in [0.2, 0.25) is 0 Å². The van der Waals surface area contributed by atoms with Crippen molar-refractivity contribution in [1.29, 1.82) is 0 Å². The van der Waals surface area contributed by atoms with Crippen molar-refractivity contribution in [2.75, 3.05) is 18.6 Å². The molecule has 142 valence electrons. The lowest BCUT2D eigenvalue weighted by Crippen LogP contribution is -2.19. The lowest BCUT2D eigenvalue weighted by Gasteiger charge is -2.22. The summed E-state index contributed by atoms with van der Waals surface area (Å²) >= 11 is 0. The predicted molar refractivity (Wildman–Crippen MR) is 91.1 cm³/mol. The van der Waals surface area contributed by atoms with Crippen LogP contribution in [0.15, 0.2) is 30.5 Å². The summed E-state index contributed by atoms with van der Waals surface area (Å²) in [7, 11) is 1.39. The van der Waals surface area contributed by atoms with E-state index in [9.17, 15) is 17.6 Å². The summed E-state index contributed by atoms with van der Waals surface area (Å²) in [5, 5.41) is 0. The molecule has 4 nitrogen and oxygen atoms in total. The van der Waals surface area contributed by atoms with Crippen molar-refractivity contribution in [3.05, 3.63) is 41.8 Å². The average molecular weight is 371 g/mol. The van der Waals surface area contributed by atoms with Gasteiger partial charge in [-0.1, -0.05) is 32.3 Å². The predicted octanol–water partition coefficient (Wildman–Crippen LogP) is 5.36. The molecule has 0 radical (unpaired) electrons. The van der Waals surface area contributed by atoms with Gasteiger partial charge in [0.25, 0.3) is 0 Å². The molecular weight excluding hydrogens is 350 g/mol. The largest absolute Gasteiger partial charge is 0.463 e. The van der Waals surface area contributed by atoms with Gasteiger partial charge in [-0.3, -0.25) is 0 Å². The molecular formula is C18H21F4N3O. The highest BCUT2D eigenvalue weighted by Crippen LogP contribution is 2.37. The average Bonchev–Trinajstić information content (AvgIpc) is 2.60. The van der Waals surface area contributed by atoms with Gasteiger partial charge < -0.3 is 9.64 Å². The maximum absolute atomic E-state index is 13.4. The summed E-state index contributed by atoms with van der Waals surface area (Å²) < 4.78 is 58.7. The molecule has 0 aliphatic carbocycles. The van der Waals surface area contributed by atoms with Crippen LogP contribution in [-0.2, 0) is 6.18 Å². The quantitative estimate of drug-likeness (QED) is 0.462. The Bertz CT molecular complexity index is 722. The van der Waals surface area contributed by atoms with Gasteiger partial charge in [-0.05, 0) is 24.6 Å². The second-order valence-electron chi connectivity index (χ2n) is 5.84. The molecule has 0 amide bonds. The van der Waals surface area contributed by atoms with Crippen LogP contribution in [0, 0.1) is 5.82 Å². The molecule has 2 aromatic rings. The summed E-state index contributed by atoms with van der Waals surface area (Å²) in [6.45, 7) is 2.41. The first kappa shape index (κ1) is 19.9. The minimum atomic E-state index is -4.64. The molecule has 2 rings (SSSR count). The molecule has 26 heavy (non-hydrogen) atoms. The summed E-state index contributed by atoms with van der Waals surface area (Å²) in [4.78, 5) is 8.74. The van der Waals surface area contributed by atoms with Crippen LogP contribution in [0.4, 0.5) is 29.1 Å². The molecule has 1 heterocycles. The monoisotopic (exact) mass is 371 g/mol. The number of aromatic nitrogens is 2. The van der Waals surface area contributed by atoms with Crippen molar-refractivity contribution < 1.29 is 22.3 Å². The number of nitrogens with zero attached hydrogens (tertiary/aromatic N) is 3. The smallest absolute Gasteiger partial charge is 0.421 e. The lowest BCUT2D eigenvalue weighted by molar-refractivity contribution is -0.137. The minimum Gasteiger partial charge on any atom is -0.463 e. The number of unbranched alkanes of at least 4 members (excludes halogenated alkanes) is 3. The molecule has 0 bridgehead atoms. The maximum atomic E-state index is 13.4. The van der Waals surface area contributed by atoms with E-state index >= 15 is 0 Å². The van der Waals surface area contributed by atoms with Gasteiger partial charge in [0, 0.05) is 18.9 Å². The molecule has 0 N–H and O–H groups in total. The SMILES string of the molecule is CCCCCCOc1ncc(C(F)(F)F)c(N(C)c2cccc(F)c2)n1. The van der Waals surface area contributed by atoms with Crippen LogP contribution >= 0.6 is 0 Å². The minimum absolute atomic E-state index is 0.132. The number of hydrogen-bond acceptors (Lipinski definition) is 4. The van der Waals surface area contributed by atoms with Crippen molar-refractivity contribution in [2.24, 2.45) is 0 Å². The van der Waals surface area contributed by atoms with Gasteiger partial charge in [0.05, 0.1) is 6.61 Å². The number of ether oxygens (including phenoxy) is 1. The fourth-order valence-electron chi connectivity index (χ4n) is 2.38. The van der Waals surface area contributed by atoms with E-state index in [-0.39, 0.29) is 17.5 Å². The Morgan fingerprint density at radius 1 is 1.15 bits per heavy atom. The van der Waals surface area contributed by atoms with Gasteiger partial charge >= 0.3 is 12.2 Å². The van der Waals surface area contributed by atoms with Gasteiger partial charge in [-0.2, -0.15) is 18.2 Å². The molecule has 0 atom stereocenters. The van der Waals surface area contributed by atoms with Crippen LogP contribution in [0.25, 0.3) is 0 Å². The van der Waals surface area contributed by atoms with Gasteiger partial charge in [0.2, 0.25) is 0 Å². The first-order chi connectivity index (χ1) is 12.3. The van der Waals surface area contributed by atoms with E-state index in [1.165, 1.54) is 25.2 Å². The number of alkyl halides is 3. The Hall–Kier alpha value is -2.38. The number of benzene rings is 1. The third-order valence-corrected chi connectivity index (χ3v) is 3.79. The van der Waals surface area contributed by atoms with E-state index < -0.39 is 17.6 Å². The first-order valence-corrected chi connectivity index (χ1v) is 8.39. The van der Waals surface area contributed by atoms with Gasteiger partial charge in [0.1, 0.15) is 11.4 Å². The van der Waals surface area contributed by atoms with Crippen molar-refractivity contribution in [3.63, 3.8) is 0 Å².